The van der Waals surface area contributed by atoms with Gasteiger partial charge in [0.1, 0.15) is 0 Å². The number of rotatable bonds is 3. The molecule has 13 heavy (non-hydrogen) atoms. The molecule has 0 aromatic carbocycles. The van der Waals surface area contributed by atoms with E-state index in [0.717, 1.165) is 12.3 Å². The van der Waals surface area contributed by atoms with Crippen LogP contribution in [0.5, 0.6) is 0 Å². The summed E-state index contributed by atoms with van der Waals surface area (Å²) in [5.41, 5.74) is 5.58. The predicted molar refractivity (Wildman–Crippen MR) is 65.0 cm³/mol. The van der Waals surface area contributed by atoms with Gasteiger partial charge in [-0.05, 0) is 18.8 Å². The van der Waals surface area contributed by atoms with Gasteiger partial charge in [-0.15, -0.1) is 0 Å². The molecule has 0 aliphatic heterocycles. The number of hydrogen-bond donors (Lipinski definition) is 1. The summed E-state index contributed by atoms with van der Waals surface area (Å²) in [7, 11) is 0. The summed E-state index contributed by atoms with van der Waals surface area (Å²) >= 11 is 0. The smallest absolute Gasteiger partial charge is 0.00361 e. The van der Waals surface area contributed by atoms with Gasteiger partial charge < -0.3 is 5.73 Å². The Bertz CT molecular complexity index is 57.4. The standard InChI is InChI=1S/C6H15N.C4H10.C2H6/c1-3-5-6(7)4-2;1-4(2)3;1-2/h6H,3-5,7H2,1-2H3;4H,1-3H3;1-2H3. The van der Waals surface area contributed by atoms with Crippen molar-refractivity contribution in [3.05, 3.63) is 0 Å². The van der Waals surface area contributed by atoms with Crippen molar-refractivity contribution >= 4 is 0 Å². The SMILES string of the molecule is CC.CC(C)C.CCCC(N)CC. The molecule has 0 saturated heterocycles. The van der Waals surface area contributed by atoms with E-state index in [-0.39, 0.29) is 0 Å². The molecule has 0 aromatic rings. The Morgan fingerprint density at radius 2 is 1.31 bits per heavy atom. The summed E-state index contributed by atoms with van der Waals surface area (Å²) in [5.74, 6) is 0.833. The highest BCUT2D eigenvalue weighted by Crippen LogP contribution is 1.95. The van der Waals surface area contributed by atoms with Crippen LogP contribution in [0.15, 0.2) is 0 Å². The Kier molecular flexibility index (Phi) is 25.7. The maximum Gasteiger partial charge on any atom is 0.00361 e. The molecule has 0 saturated carbocycles. The Labute approximate surface area is 86.1 Å². The lowest BCUT2D eigenvalue weighted by Crippen LogP contribution is -2.17. The van der Waals surface area contributed by atoms with Crippen LogP contribution in [0.1, 0.15) is 67.7 Å². The van der Waals surface area contributed by atoms with E-state index in [0.29, 0.717) is 6.04 Å². The van der Waals surface area contributed by atoms with Gasteiger partial charge in [-0.3, -0.25) is 0 Å². The van der Waals surface area contributed by atoms with Gasteiger partial charge in [-0.25, -0.2) is 0 Å². The third kappa shape index (κ3) is 48.2. The molecule has 0 radical (unpaired) electrons. The lowest BCUT2D eigenvalue weighted by Gasteiger charge is -2.03. The van der Waals surface area contributed by atoms with Gasteiger partial charge in [-0.1, -0.05) is 54.9 Å². The molecule has 0 fully saturated rings. The number of hydrogen-bond acceptors (Lipinski definition) is 1. The van der Waals surface area contributed by atoms with E-state index in [2.05, 4.69) is 34.6 Å². The second-order valence-corrected chi connectivity index (χ2v) is 3.69. The second kappa shape index (κ2) is 17.9. The molecule has 1 nitrogen and oxygen atoms in total. The summed E-state index contributed by atoms with van der Waals surface area (Å²) in [6.07, 6.45) is 3.51. The molecule has 1 heteroatoms. The molecular weight excluding hydrogens is 158 g/mol. The minimum absolute atomic E-state index is 0.449. The van der Waals surface area contributed by atoms with Crippen molar-refractivity contribution in [2.45, 2.75) is 73.8 Å². The van der Waals surface area contributed by atoms with Gasteiger partial charge in [0.15, 0.2) is 0 Å². The third-order valence-electron chi connectivity index (χ3n) is 1.18. The van der Waals surface area contributed by atoms with Crippen LogP contribution < -0.4 is 5.73 Å². The molecule has 0 bridgehead atoms. The van der Waals surface area contributed by atoms with E-state index in [4.69, 9.17) is 5.73 Å². The number of nitrogens with two attached hydrogens (primary N) is 1. The zero-order valence-corrected chi connectivity index (χ0v) is 10.9. The fourth-order valence-electron chi connectivity index (χ4n) is 0.575. The van der Waals surface area contributed by atoms with E-state index in [1.807, 2.05) is 13.8 Å². The topological polar surface area (TPSA) is 26.0 Å². The third-order valence-corrected chi connectivity index (χ3v) is 1.18. The first kappa shape index (κ1) is 18.7. The highest BCUT2D eigenvalue weighted by molar-refractivity contribution is 4.54. The molecule has 0 heterocycles. The molecule has 0 aliphatic carbocycles. The van der Waals surface area contributed by atoms with Crippen molar-refractivity contribution in [2.75, 3.05) is 0 Å². The normalized spacial score (nSPS) is 10.8. The molecule has 0 spiro atoms. The van der Waals surface area contributed by atoms with Crippen molar-refractivity contribution in [3.63, 3.8) is 0 Å². The molecule has 1 atom stereocenters. The summed E-state index contributed by atoms with van der Waals surface area (Å²) in [4.78, 5) is 0. The van der Waals surface area contributed by atoms with Gasteiger partial charge in [-0.2, -0.15) is 0 Å². The van der Waals surface area contributed by atoms with Crippen molar-refractivity contribution in [1.82, 2.24) is 0 Å². The monoisotopic (exact) mass is 189 g/mol. The van der Waals surface area contributed by atoms with Gasteiger partial charge in [0, 0.05) is 6.04 Å². The fraction of sp³-hybridized carbons (Fsp3) is 1.00. The van der Waals surface area contributed by atoms with Crippen LogP contribution in [0, 0.1) is 5.92 Å². The minimum atomic E-state index is 0.449. The first-order chi connectivity index (χ1) is 6.04. The molecule has 0 amide bonds. The Morgan fingerprint density at radius 3 is 1.38 bits per heavy atom. The largest absolute Gasteiger partial charge is 0.328 e. The quantitative estimate of drug-likeness (QED) is 0.707. The average molecular weight is 189 g/mol. The van der Waals surface area contributed by atoms with Crippen LogP contribution in [-0.4, -0.2) is 6.04 Å². The van der Waals surface area contributed by atoms with Crippen molar-refractivity contribution in [3.8, 4) is 0 Å². The maximum atomic E-state index is 5.58. The van der Waals surface area contributed by atoms with Crippen LogP contribution in [-0.2, 0) is 0 Å². The van der Waals surface area contributed by atoms with Crippen LogP contribution in [0.25, 0.3) is 0 Å². The molecule has 0 aromatic heterocycles. The average Bonchev–Trinajstić information content (AvgIpc) is 2.07. The fourth-order valence-corrected chi connectivity index (χ4v) is 0.575. The van der Waals surface area contributed by atoms with E-state index >= 15 is 0 Å². The lowest BCUT2D eigenvalue weighted by atomic mass is 10.1. The molecule has 0 rings (SSSR count). The minimum Gasteiger partial charge on any atom is -0.328 e. The first-order valence-corrected chi connectivity index (χ1v) is 5.80. The Morgan fingerprint density at radius 1 is 1.00 bits per heavy atom. The highest BCUT2D eigenvalue weighted by Gasteiger charge is 1.92. The lowest BCUT2D eigenvalue weighted by molar-refractivity contribution is 0.587. The molecule has 1 unspecified atom stereocenters. The molecule has 0 aliphatic rings. The summed E-state index contributed by atoms with van der Waals surface area (Å²) < 4.78 is 0. The van der Waals surface area contributed by atoms with E-state index in [9.17, 15) is 0 Å². The first-order valence-electron chi connectivity index (χ1n) is 5.80. The highest BCUT2D eigenvalue weighted by atomic mass is 14.6. The summed E-state index contributed by atoms with van der Waals surface area (Å²) in [6, 6.07) is 0.449. The Hall–Kier alpha value is -0.0400. The van der Waals surface area contributed by atoms with Crippen molar-refractivity contribution in [2.24, 2.45) is 11.7 Å². The predicted octanol–water partition coefficient (Wildman–Crippen LogP) is 4.21. The van der Waals surface area contributed by atoms with Crippen LogP contribution in [0.3, 0.4) is 0 Å². The molecule has 84 valence electrons. The van der Waals surface area contributed by atoms with Crippen LogP contribution in [0.2, 0.25) is 0 Å². The Balaban J connectivity index is -0.000000142. The maximum absolute atomic E-state index is 5.58. The zero-order valence-electron chi connectivity index (χ0n) is 10.9. The van der Waals surface area contributed by atoms with E-state index in [1.165, 1.54) is 12.8 Å². The van der Waals surface area contributed by atoms with Crippen LogP contribution >= 0.6 is 0 Å². The van der Waals surface area contributed by atoms with Gasteiger partial charge >= 0.3 is 0 Å². The second-order valence-electron chi connectivity index (χ2n) is 3.69. The van der Waals surface area contributed by atoms with E-state index < -0.39 is 0 Å². The van der Waals surface area contributed by atoms with Gasteiger partial charge in [0.05, 0.1) is 0 Å². The van der Waals surface area contributed by atoms with Gasteiger partial charge in [0.2, 0.25) is 0 Å². The van der Waals surface area contributed by atoms with Crippen molar-refractivity contribution < 1.29 is 0 Å². The summed E-state index contributed by atoms with van der Waals surface area (Å²) in [5, 5.41) is 0. The molecular formula is C12H31N. The zero-order chi connectivity index (χ0) is 11.3. The van der Waals surface area contributed by atoms with Crippen LogP contribution in [0.4, 0.5) is 0 Å². The molecule has 2 N–H and O–H groups in total. The summed E-state index contributed by atoms with van der Waals surface area (Å²) in [6.45, 7) is 14.8. The van der Waals surface area contributed by atoms with Crippen molar-refractivity contribution in [1.29, 1.82) is 0 Å². The van der Waals surface area contributed by atoms with Gasteiger partial charge in [0.25, 0.3) is 0 Å². The van der Waals surface area contributed by atoms with E-state index in [1.54, 1.807) is 0 Å².